The number of hydrogen-bond donors (Lipinski definition) is 0. The highest BCUT2D eigenvalue weighted by molar-refractivity contribution is 9.09. The van der Waals surface area contributed by atoms with Gasteiger partial charge in [-0.3, -0.25) is 9.13 Å². The lowest BCUT2D eigenvalue weighted by Gasteiger charge is -2.18. The molecule has 0 spiro atoms. The van der Waals surface area contributed by atoms with Gasteiger partial charge in [-0.1, -0.05) is 58.4 Å². The average molecular weight is 342 g/mol. The van der Waals surface area contributed by atoms with Gasteiger partial charge in [-0.25, -0.2) is 4.79 Å². The highest BCUT2D eigenvalue weighted by Gasteiger charge is 2.23. The molecule has 1 aliphatic heterocycles. The lowest BCUT2D eigenvalue weighted by atomic mass is 10.0. The number of alkyl halides is 1. The molecule has 1 atom stereocenters. The highest BCUT2D eigenvalue weighted by Crippen LogP contribution is 2.28. The van der Waals surface area contributed by atoms with Crippen LogP contribution >= 0.6 is 15.9 Å². The van der Waals surface area contributed by atoms with E-state index in [-0.39, 0.29) is 10.5 Å². The van der Waals surface area contributed by atoms with E-state index in [9.17, 15) is 4.79 Å². The Bertz CT molecular complexity index is 864. The summed E-state index contributed by atoms with van der Waals surface area (Å²) in [5.74, 6) is 0. The molecule has 2 aromatic carbocycles. The molecule has 1 unspecified atom stereocenters. The molecule has 4 heteroatoms. The van der Waals surface area contributed by atoms with Gasteiger partial charge in [0.15, 0.2) is 0 Å². The third-order valence-corrected chi connectivity index (χ3v) is 4.52. The predicted molar refractivity (Wildman–Crippen MR) is 87.9 cm³/mol. The largest absolute Gasteiger partial charge is 0.329 e. The van der Waals surface area contributed by atoms with Crippen molar-refractivity contribution in [2.24, 2.45) is 0 Å². The summed E-state index contributed by atoms with van der Waals surface area (Å²) in [6.07, 6.45) is 2.18. The number of para-hydroxylation sites is 1. The topological polar surface area (TPSA) is 26.9 Å². The van der Waals surface area contributed by atoms with E-state index in [1.807, 2.05) is 39.5 Å². The van der Waals surface area contributed by atoms with Crippen LogP contribution in [0.2, 0.25) is 0 Å². The number of hydrogen-bond acceptors (Lipinski definition) is 1. The van der Waals surface area contributed by atoms with Gasteiger partial charge >= 0.3 is 5.69 Å². The lowest BCUT2D eigenvalue weighted by molar-refractivity contribution is 0.649. The zero-order chi connectivity index (χ0) is 14.4. The van der Waals surface area contributed by atoms with Gasteiger partial charge in [0.05, 0.1) is 17.6 Å². The van der Waals surface area contributed by atoms with Crippen LogP contribution in [0.3, 0.4) is 0 Å². The molecule has 105 valence electrons. The first kappa shape index (κ1) is 12.9. The van der Waals surface area contributed by atoms with Gasteiger partial charge in [-0.05, 0) is 17.2 Å². The molecule has 0 amide bonds. The van der Waals surface area contributed by atoms with Gasteiger partial charge in [-0.2, -0.15) is 0 Å². The summed E-state index contributed by atoms with van der Waals surface area (Å²) in [5, 5.41) is 0. The van der Waals surface area contributed by atoms with Crippen LogP contribution in [0.15, 0.2) is 53.3 Å². The van der Waals surface area contributed by atoms with Gasteiger partial charge in [-0.15, -0.1) is 0 Å². The molecule has 0 saturated carbocycles. The Morgan fingerprint density at radius 2 is 1.90 bits per heavy atom. The molecule has 3 aromatic rings. The molecular formula is C17H14BrN2O. The van der Waals surface area contributed by atoms with Crippen molar-refractivity contribution in [1.29, 1.82) is 0 Å². The summed E-state index contributed by atoms with van der Waals surface area (Å²) in [5.41, 5.74) is 4.40. The van der Waals surface area contributed by atoms with E-state index >= 15 is 0 Å². The van der Waals surface area contributed by atoms with Crippen molar-refractivity contribution in [1.82, 2.24) is 9.13 Å². The van der Waals surface area contributed by atoms with Crippen LogP contribution in [0.4, 0.5) is 0 Å². The summed E-state index contributed by atoms with van der Waals surface area (Å²) < 4.78 is 3.75. The van der Waals surface area contributed by atoms with Crippen molar-refractivity contribution in [3.8, 4) is 0 Å². The van der Waals surface area contributed by atoms with E-state index in [1.54, 1.807) is 0 Å². The molecule has 0 N–H and O–H groups in total. The van der Waals surface area contributed by atoms with Crippen molar-refractivity contribution in [3.63, 3.8) is 0 Å². The lowest BCUT2D eigenvalue weighted by Crippen LogP contribution is -2.29. The fourth-order valence-corrected chi connectivity index (χ4v) is 3.62. The molecule has 0 aliphatic carbocycles. The van der Waals surface area contributed by atoms with Crippen LogP contribution < -0.4 is 5.69 Å². The molecule has 0 saturated heterocycles. The smallest absolute Gasteiger partial charge is 0.290 e. The molecular weight excluding hydrogens is 328 g/mol. The maximum atomic E-state index is 12.7. The van der Waals surface area contributed by atoms with E-state index in [1.165, 1.54) is 0 Å². The first-order chi connectivity index (χ1) is 10.2. The maximum Gasteiger partial charge on any atom is 0.329 e. The standard InChI is InChI=1S/C17H14BrN2O/c18-14-9-13-7-4-8-15-16(13)20(11-14)17(21)19(15)10-12-5-2-1-3-6-12/h1-9,14H,10-11H2. The van der Waals surface area contributed by atoms with E-state index in [2.05, 4.69) is 40.5 Å². The molecule has 1 aliphatic rings. The van der Waals surface area contributed by atoms with Crippen molar-refractivity contribution in [2.75, 3.05) is 0 Å². The summed E-state index contributed by atoms with van der Waals surface area (Å²) >= 11 is 3.61. The van der Waals surface area contributed by atoms with Gasteiger partial charge in [0, 0.05) is 17.8 Å². The summed E-state index contributed by atoms with van der Waals surface area (Å²) in [6, 6.07) is 16.2. The maximum absolute atomic E-state index is 12.7. The SMILES string of the molecule is O=c1n(Cc2ccccc2)c2cccc3c2n1CC(Br)[CH]3. The Balaban J connectivity index is 1.94. The number of benzene rings is 2. The average Bonchev–Trinajstić information content (AvgIpc) is 2.76. The quantitative estimate of drug-likeness (QED) is 0.657. The number of halogens is 1. The fraction of sp³-hybridized carbons (Fsp3) is 0.176. The monoisotopic (exact) mass is 341 g/mol. The van der Waals surface area contributed by atoms with Gasteiger partial charge in [0.25, 0.3) is 0 Å². The van der Waals surface area contributed by atoms with Crippen LogP contribution in [0.5, 0.6) is 0 Å². The minimum atomic E-state index is 0.0684. The van der Waals surface area contributed by atoms with Crippen molar-refractivity contribution >= 4 is 27.0 Å². The molecule has 21 heavy (non-hydrogen) atoms. The fourth-order valence-electron chi connectivity index (χ4n) is 3.05. The first-order valence-electron chi connectivity index (χ1n) is 6.99. The highest BCUT2D eigenvalue weighted by atomic mass is 79.9. The van der Waals surface area contributed by atoms with Crippen LogP contribution in [-0.2, 0) is 13.1 Å². The Hall–Kier alpha value is -1.81. The van der Waals surface area contributed by atoms with E-state index in [0.29, 0.717) is 13.1 Å². The number of imidazole rings is 1. The minimum absolute atomic E-state index is 0.0684. The second-order valence-corrected chi connectivity index (χ2v) is 6.54. The Morgan fingerprint density at radius 3 is 2.71 bits per heavy atom. The molecule has 2 heterocycles. The molecule has 1 radical (unpaired) electrons. The molecule has 0 bridgehead atoms. The summed E-state index contributed by atoms with van der Waals surface area (Å²) in [6.45, 7) is 1.30. The first-order valence-corrected chi connectivity index (χ1v) is 7.90. The zero-order valence-electron chi connectivity index (χ0n) is 11.4. The minimum Gasteiger partial charge on any atom is -0.290 e. The van der Waals surface area contributed by atoms with Gasteiger partial charge in [0.2, 0.25) is 0 Å². The third-order valence-electron chi connectivity index (χ3n) is 3.97. The number of aromatic nitrogens is 2. The molecule has 0 fully saturated rings. The summed E-state index contributed by atoms with van der Waals surface area (Å²) in [7, 11) is 0. The van der Waals surface area contributed by atoms with Crippen LogP contribution in [0.1, 0.15) is 11.1 Å². The normalized spacial score (nSPS) is 17.3. The van der Waals surface area contributed by atoms with Crippen LogP contribution in [0, 0.1) is 6.42 Å². The Morgan fingerprint density at radius 1 is 1.10 bits per heavy atom. The Labute approximate surface area is 131 Å². The number of nitrogens with zero attached hydrogens (tertiary/aromatic N) is 2. The zero-order valence-corrected chi connectivity index (χ0v) is 13.0. The molecule has 3 nitrogen and oxygen atoms in total. The van der Waals surface area contributed by atoms with E-state index in [0.717, 1.165) is 22.2 Å². The van der Waals surface area contributed by atoms with Crippen molar-refractivity contribution < 1.29 is 0 Å². The number of rotatable bonds is 2. The molecule has 1 aromatic heterocycles. The third kappa shape index (κ3) is 2.05. The second kappa shape index (κ2) is 4.88. The molecule has 4 rings (SSSR count). The van der Waals surface area contributed by atoms with Crippen LogP contribution in [0.25, 0.3) is 11.0 Å². The van der Waals surface area contributed by atoms with Crippen molar-refractivity contribution in [3.05, 3.63) is 76.6 Å². The van der Waals surface area contributed by atoms with Gasteiger partial charge < -0.3 is 0 Å². The Kier molecular flexibility index (Phi) is 3.00. The van der Waals surface area contributed by atoms with Crippen LogP contribution in [-0.4, -0.2) is 14.0 Å². The van der Waals surface area contributed by atoms with E-state index < -0.39 is 0 Å². The summed E-state index contributed by atoms with van der Waals surface area (Å²) in [4.78, 5) is 13.0. The van der Waals surface area contributed by atoms with Crippen molar-refractivity contribution in [2.45, 2.75) is 17.9 Å². The second-order valence-electron chi connectivity index (χ2n) is 5.36. The van der Waals surface area contributed by atoms with Gasteiger partial charge in [0.1, 0.15) is 0 Å². The van der Waals surface area contributed by atoms with E-state index in [4.69, 9.17) is 0 Å². The predicted octanol–water partition coefficient (Wildman–Crippen LogP) is 3.18.